The molecule has 0 fully saturated rings. The summed E-state index contributed by atoms with van der Waals surface area (Å²) in [4.78, 5) is 0. The summed E-state index contributed by atoms with van der Waals surface area (Å²) >= 11 is 0. The Morgan fingerprint density at radius 2 is 1.00 bits per heavy atom. The lowest BCUT2D eigenvalue weighted by Gasteiger charge is -2.18. The lowest BCUT2D eigenvalue weighted by Crippen LogP contribution is -2.32. The second kappa shape index (κ2) is 4.34. The van der Waals surface area contributed by atoms with Crippen LogP contribution in [0.2, 0.25) is 0 Å². The van der Waals surface area contributed by atoms with Crippen LogP contribution in [-0.2, 0) is 0 Å². The van der Waals surface area contributed by atoms with Crippen molar-refractivity contribution in [3.63, 3.8) is 0 Å². The van der Waals surface area contributed by atoms with Gasteiger partial charge in [0.05, 0.1) is 0 Å². The van der Waals surface area contributed by atoms with E-state index in [4.69, 9.17) is 0 Å². The van der Waals surface area contributed by atoms with Gasteiger partial charge in [0.2, 0.25) is 5.83 Å². The van der Waals surface area contributed by atoms with Crippen molar-refractivity contribution in [1.29, 1.82) is 0 Å². The zero-order valence-electron chi connectivity index (χ0n) is 6.78. The molecular weight excluding hydrogens is 262 g/mol. The van der Waals surface area contributed by atoms with E-state index in [1.54, 1.807) is 0 Å². The molecule has 0 aliphatic heterocycles. The third kappa shape index (κ3) is 2.89. The summed E-state index contributed by atoms with van der Waals surface area (Å²) in [5.41, 5.74) is -3.95. The van der Waals surface area contributed by atoms with E-state index in [-0.39, 0.29) is 0 Å². The predicted octanol–water partition coefficient (Wildman–Crippen LogP) is 4.41. The molecule has 94 valence electrons. The summed E-state index contributed by atoms with van der Waals surface area (Å²) in [6, 6.07) is 0. The SMILES string of the molecule is FC(F)=C(F)C(F)(F)C(=C(F)F)C(F)(F)F. The summed E-state index contributed by atoms with van der Waals surface area (Å²) in [6.45, 7) is 0. The molecule has 0 heterocycles. The third-order valence-corrected chi connectivity index (χ3v) is 1.23. The molecule has 0 aromatic carbocycles. The van der Waals surface area contributed by atoms with Crippen molar-refractivity contribution >= 4 is 0 Å². The Bertz CT molecular complexity index is 324. The van der Waals surface area contributed by atoms with Gasteiger partial charge in [-0.1, -0.05) is 0 Å². The molecule has 0 amide bonds. The highest BCUT2D eigenvalue weighted by atomic mass is 19.4. The molecule has 0 atom stereocenters. The zero-order chi connectivity index (χ0) is 13.3. The lowest BCUT2D eigenvalue weighted by atomic mass is 10.1. The van der Waals surface area contributed by atoms with E-state index >= 15 is 0 Å². The normalized spacial score (nSPS) is 12.4. The zero-order valence-corrected chi connectivity index (χ0v) is 6.78. The largest absolute Gasteiger partial charge is 0.424 e. The maximum absolute atomic E-state index is 12.3. The van der Waals surface area contributed by atoms with Crippen LogP contribution in [0.5, 0.6) is 0 Å². The van der Waals surface area contributed by atoms with Crippen molar-refractivity contribution in [2.24, 2.45) is 0 Å². The number of alkyl halides is 5. The first-order chi connectivity index (χ1) is 6.92. The molecule has 10 heteroatoms. The Balaban J connectivity index is 5.80. The molecule has 0 aromatic heterocycles. The first-order valence-electron chi connectivity index (χ1n) is 3.14. The Morgan fingerprint density at radius 3 is 1.19 bits per heavy atom. The van der Waals surface area contributed by atoms with Gasteiger partial charge in [-0.15, -0.1) is 0 Å². The van der Waals surface area contributed by atoms with Crippen molar-refractivity contribution in [2.75, 3.05) is 0 Å². The van der Waals surface area contributed by atoms with Gasteiger partial charge in [-0.05, 0) is 0 Å². The van der Waals surface area contributed by atoms with Gasteiger partial charge >= 0.3 is 18.2 Å². The Kier molecular flexibility index (Phi) is 4.01. The maximum atomic E-state index is 12.3. The van der Waals surface area contributed by atoms with Crippen LogP contribution in [0.25, 0.3) is 0 Å². The number of hydrogen-bond acceptors (Lipinski definition) is 0. The van der Waals surface area contributed by atoms with Gasteiger partial charge in [-0.3, -0.25) is 0 Å². The summed E-state index contributed by atoms with van der Waals surface area (Å²) in [5.74, 6) is -10.00. The van der Waals surface area contributed by atoms with Crippen LogP contribution >= 0.6 is 0 Å². The smallest absolute Gasteiger partial charge is 0.199 e. The minimum atomic E-state index is -6.34. The molecule has 0 bridgehead atoms. The second-order valence-corrected chi connectivity index (χ2v) is 2.28. The van der Waals surface area contributed by atoms with Crippen LogP contribution in [-0.4, -0.2) is 12.1 Å². The molecule has 0 unspecified atom stereocenters. The molecule has 0 spiro atoms. The summed E-state index contributed by atoms with van der Waals surface area (Å²) in [5, 5.41) is 0. The van der Waals surface area contributed by atoms with Gasteiger partial charge in [-0.25, -0.2) is 0 Å². The van der Waals surface area contributed by atoms with Crippen LogP contribution in [0.3, 0.4) is 0 Å². The van der Waals surface area contributed by atoms with E-state index in [2.05, 4.69) is 0 Å². The van der Waals surface area contributed by atoms with Gasteiger partial charge < -0.3 is 0 Å². The quantitative estimate of drug-likeness (QED) is 0.646. The van der Waals surface area contributed by atoms with Crippen molar-refractivity contribution in [1.82, 2.24) is 0 Å². The second-order valence-electron chi connectivity index (χ2n) is 2.28. The standard InChI is InChI=1S/C6F10/c7-2(4(10)11)5(12,13)1(3(8)9)6(14,15)16. The van der Waals surface area contributed by atoms with Gasteiger partial charge in [0, 0.05) is 0 Å². The van der Waals surface area contributed by atoms with E-state index in [9.17, 15) is 43.9 Å². The molecule has 16 heavy (non-hydrogen) atoms. The average Bonchev–Trinajstić information content (AvgIpc) is 1.97. The molecule has 0 nitrogen and oxygen atoms in total. The average molecular weight is 262 g/mol. The molecule has 0 radical (unpaired) electrons. The van der Waals surface area contributed by atoms with Gasteiger partial charge in [0.25, 0.3) is 6.08 Å². The van der Waals surface area contributed by atoms with Gasteiger partial charge in [-0.2, -0.15) is 43.9 Å². The third-order valence-electron chi connectivity index (χ3n) is 1.23. The minimum absolute atomic E-state index is 3.81. The van der Waals surface area contributed by atoms with Crippen LogP contribution in [0, 0.1) is 0 Å². The number of rotatable bonds is 2. The first kappa shape index (κ1) is 14.8. The monoisotopic (exact) mass is 262 g/mol. The summed E-state index contributed by atoms with van der Waals surface area (Å²) < 4.78 is 117. The van der Waals surface area contributed by atoms with E-state index in [0.717, 1.165) is 0 Å². The van der Waals surface area contributed by atoms with Crippen molar-refractivity contribution in [2.45, 2.75) is 12.1 Å². The minimum Gasteiger partial charge on any atom is -0.199 e. The fourth-order valence-corrected chi connectivity index (χ4v) is 0.632. The highest BCUT2D eigenvalue weighted by Crippen LogP contribution is 2.45. The van der Waals surface area contributed by atoms with Crippen LogP contribution in [0.4, 0.5) is 43.9 Å². The molecule has 0 N–H and O–H groups in total. The van der Waals surface area contributed by atoms with Gasteiger partial charge in [0.15, 0.2) is 5.57 Å². The maximum Gasteiger partial charge on any atom is 0.424 e. The molecular formula is C6F10. The molecule has 0 aliphatic rings. The lowest BCUT2D eigenvalue weighted by molar-refractivity contribution is -0.130. The van der Waals surface area contributed by atoms with Crippen LogP contribution < -0.4 is 0 Å². The van der Waals surface area contributed by atoms with Crippen molar-refractivity contribution < 1.29 is 43.9 Å². The highest BCUT2D eigenvalue weighted by molar-refractivity contribution is 5.29. The molecule has 0 saturated carbocycles. The molecule has 0 rings (SSSR count). The summed E-state index contributed by atoms with van der Waals surface area (Å²) in [7, 11) is 0. The molecule has 0 saturated heterocycles. The van der Waals surface area contributed by atoms with E-state index in [0.29, 0.717) is 0 Å². The number of allylic oxidation sites excluding steroid dienone is 2. The van der Waals surface area contributed by atoms with E-state index < -0.39 is 35.7 Å². The van der Waals surface area contributed by atoms with Crippen LogP contribution in [0.1, 0.15) is 0 Å². The Labute approximate surface area is 80.8 Å². The fourth-order valence-electron chi connectivity index (χ4n) is 0.632. The number of hydrogen-bond donors (Lipinski definition) is 0. The fraction of sp³-hybridized carbons (Fsp3) is 0.333. The first-order valence-corrected chi connectivity index (χ1v) is 3.14. The van der Waals surface area contributed by atoms with Gasteiger partial charge in [0.1, 0.15) is 0 Å². The Morgan fingerprint density at radius 1 is 0.625 bits per heavy atom. The van der Waals surface area contributed by atoms with Crippen molar-refractivity contribution in [3.05, 3.63) is 23.6 Å². The number of halogens is 10. The van der Waals surface area contributed by atoms with Crippen molar-refractivity contribution in [3.8, 4) is 0 Å². The van der Waals surface area contributed by atoms with E-state index in [1.807, 2.05) is 0 Å². The molecule has 0 aromatic rings. The molecule has 0 aliphatic carbocycles. The Hall–Kier alpha value is -1.22. The summed E-state index contributed by atoms with van der Waals surface area (Å²) in [6.07, 6.45) is -14.1. The highest BCUT2D eigenvalue weighted by Gasteiger charge is 2.58. The predicted molar refractivity (Wildman–Crippen MR) is 30.6 cm³/mol. The van der Waals surface area contributed by atoms with E-state index in [1.165, 1.54) is 0 Å². The van der Waals surface area contributed by atoms with Crippen LogP contribution in [0.15, 0.2) is 23.6 Å². The topological polar surface area (TPSA) is 0 Å².